The van der Waals surface area contributed by atoms with Gasteiger partial charge in [-0.1, -0.05) is 53.6 Å². The maximum absolute atomic E-state index is 12.4. The number of rotatable bonds is 4. The van der Waals surface area contributed by atoms with Gasteiger partial charge in [-0.15, -0.1) is 0 Å². The highest BCUT2D eigenvalue weighted by Crippen LogP contribution is 2.25. The van der Waals surface area contributed by atoms with E-state index in [0.717, 1.165) is 0 Å². The van der Waals surface area contributed by atoms with Gasteiger partial charge < -0.3 is 5.73 Å². The summed E-state index contributed by atoms with van der Waals surface area (Å²) in [6.07, 6.45) is 0. The Bertz CT molecular complexity index is 787. The third kappa shape index (κ3) is 3.85. The predicted molar refractivity (Wildman–Crippen MR) is 89.6 cm³/mol. The normalized spacial score (nSPS) is 11.1. The molecule has 0 fully saturated rings. The molecule has 0 unspecified atom stereocenters. The quantitative estimate of drug-likeness (QED) is 0.819. The van der Waals surface area contributed by atoms with Crippen LogP contribution in [-0.4, -0.2) is 13.4 Å². The highest BCUT2D eigenvalue weighted by atomic mass is 35.5. The Labute approximate surface area is 137 Å². The molecule has 0 aliphatic rings. The molecule has 4 nitrogen and oxygen atoms in total. The van der Waals surface area contributed by atoms with Crippen molar-refractivity contribution < 1.29 is 8.42 Å². The van der Waals surface area contributed by atoms with Gasteiger partial charge in [-0.2, -0.15) is 0 Å². The number of thiocarbonyl (C=S) groups is 1. The van der Waals surface area contributed by atoms with Crippen LogP contribution < -0.4 is 10.5 Å². The van der Waals surface area contributed by atoms with Crippen molar-refractivity contribution in [3.05, 3.63) is 58.1 Å². The molecule has 0 atom stereocenters. The summed E-state index contributed by atoms with van der Waals surface area (Å²) in [5.74, 6) is 0. The Morgan fingerprint density at radius 1 is 1.10 bits per heavy atom. The SMILES string of the molecule is NC(=S)c1ccccc1S(=O)(=O)Nc1cc(Cl)cc(Cl)c1. The molecule has 0 saturated heterocycles. The van der Waals surface area contributed by atoms with Gasteiger partial charge >= 0.3 is 0 Å². The zero-order chi connectivity index (χ0) is 15.6. The monoisotopic (exact) mass is 360 g/mol. The van der Waals surface area contributed by atoms with Gasteiger partial charge in [-0.05, 0) is 24.3 Å². The molecule has 2 aromatic rings. The van der Waals surface area contributed by atoms with Crippen molar-refractivity contribution in [3.8, 4) is 0 Å². The number of nitrogens with two attached hydrogens (primary N) is 1. The molecule has 110 valence electrons. The lowest BCUT2D eigenvalue weighted by atomic mass is 10.2. The Kier molecular flexibility index (Phi) is 4.73. The van der Waals surface area contributed by atoms with Gasteiger partial charge in [-0.3, -0.25) is 4.72 Å². The molecule has 0 aliphatic carbocycles. The van der Waals surface area contributed by atoms with Crippen molar-refractivity contribution in [2.75, 3.05) is 4.72 Å². The number of sulfonamides is 1. The lowest BCUT2D eigenvalue weighted by molar-refractivity contribution is 0.601. The van der Waals surface area contributed by atoms with Gasteiger partial charge in [0.25, 0.3) is 10.0 Å². The second kappa shape index (κ2) is 6.19. The average molecular weight is 361 g/mol. The fourth-order valence-electron chi connectivity index (χ4n) is 1.73. The van der Waals surface area contributed by atoms with E-state index in [1.54, 1.807) is 18.2 Å². The number of nitrogens with one attached hydrogen (secondary N) is 1. The van der Waals surface area contributed by atoms with E-state index in [9.17, 15) is 8.42 Å². The highest BCUT2D eigenvalue weighted by Gasteiger charge is 2.19. The van der Waals surface area contributed by atoms with Crippen LogP contribution in [0.15, 0.2) is 47.4 Å². The lowest BCUT2D eigenvalue weighted by Crippen LogP contribution is -2.19. The Morgan fingerprint density at radius 2 is 1.67 bits per heavy atom. The number of hydrogen-bond acceptors (Lipinski definition) is 3. The minimum Gasteiger partial charge on any atom is -0.389 e. The van der Waals surface area contributed by atoms with Gasteiger partial charge in [0.15, 0.2) is 0 Å². The first kappa shape index (κ1) is 16.0. The molecule has 0 bridgehead atoms. The van der Waals surface area contributed by atoms with Crippen molar-refractivity contribution >= 4 is 56.1 Å². The number of anilines is 1. The summed E-state index contributed by atoms with van der Waals surface area (Å²) in [6.45, 7) is 0. The van der Waals surface area contributed by atoms with Gasteiger partial charge in [-0.25, -0.2) is 8.42 Å². The maximum atomic E-state index is 12.4. The minimum atomic E-state index is -3.86. The van der Waals surface area contributed by atoms with Crippen LogP contribution in [0, 0.1) is 0 Å². The van der Waals surface area contributed by atoms with Crippen LogP contribution in [0.5, 0.6) is 0 Å². The van der Waals surface area contributed by atoms with Gasteiger partial charge in [0.05, 0.1) is 10.6 Å². The third-order valence-electron chi connectivity index (χ3n) is 2.56. The van der Waals surface area contributed by atoms with Crippen LogP contribution >= 0.6 is 35.4 Å². The van der Waals surface area contributed by atoms with E-state index in [0.29, 0.717) is 10.0 Å². The summed E-state index contributed by atoms with van der Waals surface area (Å²) in [7, 11) is -3.86. The fraction of sp³-hybridized carbons (Fsp3) is 0. The standard InChI is InChI=1S/C13H10Cl2N2O2S2/c14-8-5-9(15)7-10(6-8)17-21(18,19)12-4-2-1-3-11(12)13(16)20/h1-7,17H,(H2,16,20). The van der Waals surface area contributed by atoms with E-state index in [2.05, 4.69) is 4.72 Å². The average Bonchev–Trinajstić information content (AvgIpc) is 2.36. The number of hydrogen-bond donors (Lipinski definition) is 2. The van der Waals surface area contributed by atoms with E-state index in [-0.39, 0.29) is 21.1 Å². The van der Waals surface area contributed by atoms with E-state index >= 15 is 0 Å². The van der Waals surface area contributed by atoms with Crippen LogP contribution in [0.3, 0.4) is 0 Å². The van der Waals surface area contributed by atoms with E-state index < -0.39 is 10.0 Å². The van der Waals surface area contributed by atoms with Crippen LogP contribution in [0.2, 0.25) is 10.0 Å². The predicted octanol–water partition coefficient (Wildman–Crippen LogP) is 3.43. The lowest BCUT2D eigenvalue weighted by Gasteiger charge is -2.12. The van der Waals surface area contributed by atoms with Crippen LogP contribution in [-0.2, 0) is 10.0 Å². The number of halogens is 2. The summed E-state index contributed by atoms with van der Waals surface area (Å²) in [5, 5.41) is 0.644. The van der Waals surface area contributed by atoms with Gasteiger partial charge in [0, 0.05) is 15.6 Å². The topological polar surface area (TPSA) is 72.2 Å². The second-order valence-corrected chi connectivity index (χ2v) is 7.09. The summed E-state index contributed by atoms with van der Waals surface area (Å²) in [4.78, 5) is -0.00583. The third-order valence-corrected chi connectivity index (χ3v) is 4.65. The minimum absolute atomic E-state index is 0.0000940. The zero-order valence-electron chi connectivity index (χ0n) is 10.5. The van der Waals surface area contributed by atoms with E-state index in [1.165, 1.54) is 24.3 Å². The first-order valence-electron chi connectivity index (χ1n) is 5.67. The summed E-state index contributed by atoms with van der Waals surface area (Å²) in [5.41, 5.74) is 6.08. The summed E-state index contributed by atoms with van der Waals surface area (Å²) in [6, 6.07) is 10.6. The van der Waals surface area contributed by atoms with Gasteiger partial charge in [0.2, 0.25) is 0 Å². The zero-order valence-corrected chi connectivity index (χ0v) is 13.7. The molecule has 0 spiro atoms. The van der Waals surface area contributed by atoms with Crippen molar-refractivity contribution in [2.45, 2.75) is 4.90 Å². The second-order valence-electron chi connectivity index (χ2n) is 4.12. The smallest absolute Gasteiger partial charge is 0.262 e. The largest absolute Gasteiger partial charge is 0.389 e. The highest BCUT2D eigenvalue weighted by molar-refractivity contribution is 7.93. The van der Waals surface area contributed by atoms with Crippen molar-refractivity contribution in [2.24, 2.45) is 5.73 Å². The molecule has 8 heteroatoms. The van der Waals surface area contributed by atoms with Crippen LogP contribution in [0.1, 0.15) is 5.56 Å². The molecule has 0 aromatic heterocycles. The first-order valence-corrected chi connectivity index (χ1v) is 8.32. The molecule has 2 rings (SSSR count). The van der Waals surface area contributed by atoms with E-state index in [1.807, 2.05) is 0 Å². The molecule has 0 radical (unpaired) electrons. The summed E-state index contributed by atoms with van der Waals surface area (Å²) >= 11 is 16.6. The fourth-order valence-corrected chi connectivity index (χ4v) is 3.76. The molecule has 2 aromatic carbocycles. The Balaban J connectivity index is 2.46. The molecular formula is C13H10Cl2N2O2S2. The molecular weight excluding hydrogens is 351 g/mol. The van der Waals surface area contributed by atoms with Crippen LogP contribution in [0.25, 0.3) is 0 Å². The Morgan fingerprint density at radius 3 is 2.24 bits per heavy atom. The molecule has 0 aliphatic heterocycles. The first-order chi connectivity index (χ1) is 9.79. The molecule has 21 heavy (non-hydrogen) atoms. The molecule has 3 N–H and O–H groups in total. The van der Waals surface area contributed by atoms with Crippen molar-refractivity contribution in [1.82, 2.24) is 0 Å². The van der Waals surface area contributed by atoms with Crippen LogP contribution in [0.4, 0.5) is 5.69 Å². The van der Waals surface area contributed by atoms with Gasteiger partial charge in [0.1, 0.15) is 4.99 Å². The van der Waals surface area contributed by atoms with Crippen molar-refractivity contribution in [3.63, 3.8) is 0 Å². The Hall–Kier alpha value is -1.34. The summed E-state index contributed by atoms with van der Waals surface area (Å²) < 4.78 is 27.3. The molecule has 0 amide bonds. The molecule has 0 saturated carbocycles. The number of benzene rings is 2. The molecule has 0 heterocycles. The van der Waals surface area contributed by atoms with Crippen molar-refractivity contribution in [1.29, 1.82) is 0 Å². The van der Waals surface area contributed by atoms with E-state index in [4.69, 9.17) is 41.2 Å². The maximum Gasteiger partial charge on any atom is 0.262 e.